The van der Waals surface area contributed by atoms with Gasteiger partial charge in [-0.05, 0) is 32.1 Å². The van der Waals surface area contributed by atoms with Crippen LogP contribution in [0.1, 0.15) is 65.2 Å². The molecule has 0 aromatic heterocycles. The Kier molecular flexibility index (Phi) is 6.25. The highest BCUT2D eigenvalue weighted by Crippen LogP contribution is 2.31. The highest BCUT2D eigenvalue weighted by atomic mass is 16.5. The Morgan fingerprint density at radius 1 is 1.14 bits per heavy atom. The van der Waals surface area contributed by atoms with E-state index in [0.29, 0.717) is 0 Å². The van der Waals surface area contributed by atoms with E-state index in [-0.39, 0.29) is 0 Å². The zero-order valence-electron chi connectivity index (χ0n) is 9.85. The summed E-state index contributed by atoms with van der Waals surface area (Å²) in [7, 11) is 0. The van der Waals surface area contributed by atoms with Crippen LogP contribution in [0.4, 0.5) is 0 Å². The van der Waals surface area contributed by atoms with Gasteiger partial charge in [-0.1, -0.05) is 39.0 Å². The van der Waals surface area contributed by atoms with Crippen molar-refractivity contribution in [3.05, 3.63) is 6.10 Å². The summed E-state index contributed by atoms with van der Waals surface area (Å²) in [5.41, 5.74) is 0. The van der Waals surface area contributed by atoms with Crippen molar-refractivity contribution in [2.45, 2.75) is 65.2 Å². The van der Waals surface area contributed by atoms with E-state index in [1.54, 1.807) is 0 Å². The van der Waals surface area contributed by atoms with Crippen molar-refractivity contribution in [3.8, 4) is 0 Å². The van der Waals surface area contributed by atoms with Crippen LogP contribution in [0, 0.1) is 12.0 Å². The molecule has 0 aliphatic heterocycles. The van der Waals surface area contributed by atoms with Crippen molar-refractivity contribution in [1.82, 2.24) is 0 Å². The highest BCUT2D eigenvalue weighted by Gasteiger charge is 2.20. The van der Waals surface area contributed by atoms with Gasteiger partial charge < -0.3 is 4.74 Å². The lowest BCUT2D eigenvalue weighted by molar-refractivity contribution is 0.0936. The molecule has 1 aliphatic carbocycles. The lowest BCUT2D eigenvalue weighted by Crippen LogP contribution is -2.16. The molecule has 1 radical (unpaired) electrons. The smallest absolute Gasteiger partial charge is 0.0970 e. The average molecular weight is 197 g/mol. The minimum atomic E-state index is 0.769. The van der Waals surface area contributed by atoms with Crippen molar-refractivity contribution < 1.29 is 4.74 Å². The van der Waals surface area contributed by atoms with Gasteiger partial charge >= 0.3 is 0 Å². The molecule has 1 fully saturated rings. The molecule has 1 saturated carbocycles. The van der Waals surface area contributed by atoms with Crippen molar-refractivity contribution in [3.63, 3.8) is 0 Å². The summed E-state index contributed by atoms with van der Waals surface area (Å²) in [6.07, 6.45) is 12.1. The Morgan fingerprint density at radius 3 is 2.50 bits per heavy atom. The summed E-state index contributed by atoms with van der Waals surface area (Å²) in [6.45, 7) is 5.36. The highest BCUT2D eigenvalue weighted by molar-refractivity contribution is 4.84. The fraction of sp³-hybridized carbons (Fsp3) is 0.923. The molecule has 0 aromatic carbocycles. The topological polar surface area (TPSA) is 9.23 Å². The van der Waals surface area contributed by atoms with E-state index in [1.807, 2.05) is 0 Å². The fourth-order valence-corrected chi connectivity index (χ4v) is 2.21. The van der Waals surface area contributed by atoms with Gasteiger partial charge in [-0.15, -0.1) is 0 Å². The van der Waals surface area contributed by atoms with Crippen LogP contribution >= 0.6 is 0 Å². The molecular formula is C13H25O. The van der Waals surface area contributed by atoms with Gasteiger partial charge in [-0.25, -0.2) is 0 Å². The van der Waals surface area contributed by atoms with Gasteiger partial charge in [0.2, 0.25) is 0 Å². The molecule has 1 aliphatic rings. The van der Waals surface area contributed by atoms with Gasteiger partial charge in [0.25, 0.3) is 0 Å². The average Bonchev–Trinajstić information content (AvgIpc) is 2.25. The van der Waals surface area contributed by atoms with E-state index in [9.17, 15) is 0 Å². The van der Waals surface area contributed by atoms with E-state index < -0.39 is 0 Å². The SMILES string of the molecule is CCCCCO[C](C)C1CCCCC1. The third kappa shape index (κ3) is 4.45. The molecule has 0 heterocycles. The minimum Gasteiger partial charge on any atom is -0.372 e. The molecule has 1 rings (SSSR count). The van der Waals surface area contributed by atoms with Crippen LogP contribution < -0.4 is 0 Å². The van der Waals surface area contributed by atoms with Crippen LogP contribution in [0.25, 0.3) is 0 Å². The molecule has 0 spiro atoms. The maximum atomic E-state index is 5.80. The van der Waals surface area contributed by atoms with Gasteiger partial charge in [-0.2, -0.15) is 0 Å². The number of hydrogen-bond acceptors (Lipinski definition) is 1. The summed E-state index contributed by atoms with van der Waals surface area (Å²) in [4.78, 5) is 0. The van der Waals surface area contributed by atoms with E-state index in [1.165, 1.54) is 57.5 Å². The van der Waals surface area contributed by atoms with E-state index in [2.05, 4.69) is 13.8 Å². The van der Waals surface area contributed by atoms with Gasteiger partial charge in [-0.3, -0.25) is 0 Å². The van der Waals surface area contributed by atoms with Gasteiger partial charge in [0.15, 0.2) is 0 Å². The summed E-state index contributed by atoms with van der Waals surface area (Å²) < 4.78 is 5.80. The van der Waals surface area contributed by atoms with Crippen molar-refractivity contribution >= 4 is 0 Å². The largest absolute Gasteiger partial charge is 0.372 e. The maximum Gasteiger partial charge on any atom is 0.0970 e. The van der Waals surface area contributed by atoms with Crippen LogP contribution in [0.2, 0.25) is 0 Å². The third-order valence-electron chi connectivity index (χ3n) is 3.26. The summed E-state index contributed by atoms with van der Waals surface area (Å²) >= 11 is 0. The predicted octanol–water partition coefficient (Wildman–Crippen LogP) is 4.33. The Bertz CT molecular complexity index is 127. The minimum absolute atomic E-state index is 0.769. The molecule has 0 aromatic rings. The third-order valence-corrected chi connectivity index (χ3v) is 3.26. The fourth-order valence-electron chi connectivity index (χ4n) is 2.21. The van der Waals surface area contributed by atoms with Gasteiger partial charge in [0, 0.05) is 6.61 Å². The zero-order valence-corrected chi connectivity index (χ0v) is 9.85. The summed E-state index contributed by atoms with van der Waals surface area (Å²) in [5, 5.41) is 0. The Labute approximate surface area is 89.2 Å². The maximum absolute atomic E-state index is 5.80. The van der Waals surface area contributed by atoms with Crippen LogP contribution in [0.5, 0.6) is 0 Å². The summed E-state index contributed by atoms with van der Waals surface area (Å²) in [6, 6.07) is 0. The second-order valence-corrected chi connectivity index (χ2v) is 4.50. The van der Waals surface area contributed by atoms with E-state index in [4.69, 9.17) is 4.74 Å². The van der Waals surface area contributed by atoms with Crippen LogP contribution in [-0.4, -0.2) is 6.61 Å². The molecule has 0 amide bonds. The first-order valence-corrected chi connectivity index (χ1v) is 6.31. The molecule has 0 bridgehead atoms. The number of unbranched alkanes of at least 4 members (excludes halogenated alkanes) is 2. The second kappa shape index (κ2) is 7.28. The molecule has 14 heavy (non-hydrogen) atoms. The lowest BCUT2D eigenvalue weighted by Gasteiger charge is -2.26. The Balaban J connectivity index is 2.04. The number of hydrogen-bond donors (Lipinski definition) is 0. The number of rotatable bonds is 6. The van der Waals surface area contributed by atoms with Crippen LogP contribution in [0.15, 0.2) is 0 Å². The Hall–Kier alpha value is -0.0400. The van der Waals surface area contributed by atoms with Crippen molar-refractivity contribution in [2.24, 2.45) is 5.92 Å². The van der Waals surface area contributed by atoms with Crippen molar-refractivity contribution in [2.75, 3.05) is 6.61 Å². The zero-order chi connectivity index (χ0) is 10.2. The number of ether oxygens (including phenoxy) is 1. The molecule has 1 heteroatoms. The molecular weight excluding hydrogens is 172 g/mol. The lowest BCUT2D eigenvalue weighted by atomic mass is 9.86. The van der Waals surface area contributed by atoms with Crippen molar-refractivity contribution in [1.29, 1.82) is 0 Å². The molecule has 83 valence electrons. The van der Waals surface area contributed by atoms with Crippen LogP contribution in [-0.2, 0) is 4.74 Å². The van der Waals surface area contributed by atoms with Gasteiger partial charge in [0.1, 0.15) is 0 Å². The molecule has 0 N–H and O–H groups in total. The first-order valence-electron chi connectivity index (χ1n) is 6.31. The molecule has 1 nitrogen and oxygen atoms in total. The monoisotopic (exact) mass is 197 g/mol. The standard InChI is InChI=1S/C13H25O/c1-3-4-8-11-14-12(2)13-9-6-5-7-10-13/h13H,3-11H2,1-2H3. The predicted molar refractivity (Wildman–Crippen MR) is 61.0 cm³/mol. The molecule has 0 atom stereocenters. The molecule has 0 unspecified atom stereocenters. The normalized spacial score (nSPS) is 19.1. The van der Waals surface area contributed by atoms with E-state index in [0.717, 1.165) is 12.5 Å². The first kappa shape index (κ1) is 12.0. The van der Waals surface area contributed by atoms with Crippen LogP contribution in [0.3, 0.4) is 0 Å². The van der Waals surface area contributed by atoms with E-state index >= 15 is 0 Å². The van der Waals surface area contributed by atoms with Gasteiger partial charge in [0.05, 0.1) is 6.10 Å². The second-order valence-electron chi connectivity index (χ2n) is 4.50. The Morgan fingerprint density at radius 2 is 1.86 bits per heavy atom. The quantitative estimate of drug-likeness (QED) is 0.576. The molecule has 0 saturated heterocycles. The first-order chi connectivity index (χ1) is 6.84. The summed E-state index contributed by atoms with van der Waals surface area (Å²) in [5.74, 6) is 0.769.